The van der Waals surface area contributed by atoms with Crippen molar-refractivity contribution >= 4 is 16.7 Å². The van der Waals surface area contributed by atoms with Crippen LogP contribution in [0, 0.1) is 0 Å². The molecule has 3 N–H and O–H groups in total. The lowest BCUT2D eigenvalue weighted by molar-refractivity contribution is 0.0733. The first-order chi connectivity index (χ1) is 9.65. The Hall–Kier alpha value is -2.27. The molecule has 0 saturated carbocycles. The van der Waals surface area contributed by atoms with Crippen molar-refractivity contribution in [3.05, 3.63) is 35.9 Å². The zero-order valence-corrected chi connectivity index (χ0v) is 11.0. The lowest BCUT2D eigenvalue weighted by Gasteiger charge is -2.27. The van der Waals surface area contributed by atoms with E-state index in [9.17, 15) is 15.0 Å². The van der Waals surface area contributed by atoms with E-state index >= 15 is 0 Å². The second kappa shape index (κ2) is 5.02. The first kappa shape index (κ1) is 12.7. The molecule has 3 rings (SSSR count). The van der Waals surface area contributed by atoms with Gasteiger partial charge >= 0.3 is 0 Å². The number of aromatic hydroxyl groups is 2. The summed E-state index contributed by atoms with van der Waals surface area (Å²) in [6.07, 6.45) is 0. The van der Waals surface area contributed by atoms with E-state index in [1.54, 1.807) is 35.2 Å². The maximum Gasteiger partial charge on any atom is 0.257 e. The van der Waals surface area contributed by atoms with Crippen LogP contribution in [0.25, 0.3) is 10.8 Å². The van der Waals surface area contributed by atoms with Gasteiger partial charge in [0.05, 0.1) is 5.56 Å². The summed E-state index contributed by atoms with van der Waals surface area (Å²) in [5, 5.41) is 24.3. The molecule has 1 saturated heterocycles. The number of carbonyl (C=O) groups is 1. The quantitative estimate of drug-likeness (QED) is 0.731. The molecule has 0 bridgehead atoms. The third-order valence-corrected chi connectivity index (χ3v) is 3.57. The SMILES string of the molecule is O=C(c1cc2cc(O)ccc2cc1O)N1CCNCC1. The second-order valence-corrected chi connectivity index (χ2v) is 4.94. The highest BCUT2D eigenvalue weighted by molar-refractivity contribution is 6.01. The van der Waals surface area contributed by atoms with Crippen molar-refractivity contribution in [1.29, 1.82) is 0 Å². The predicted octanol–water partition coefficient (Wildman–Crippen LogP) is 1.30. The number of rotatable bonds is 1. The van der Waals surface area contributed by atoms with Crippen molar-refractivity contribution in [3.8, 4) is 11.5 Å². The van der Waals surface area contributed by atoms with Gasteiger partial charge in [0.15, 0.2) is 0 Å². The van der Waals surface area contributed by atoms with Crippen LogP contribution in [0.2, 0.25) is 0 Å². The van der Waals surface area contributed by atoms with Crippen molar-refractivity contribution in [2.75, 3.05) is 26.2 Å². The van der Waals surface area contributed by atoms with Crippen LogP contribution >= 0.6 is 0 Å². The average molecular weight is 272 g/mol. The lowest BCUT2D eigenvalue weighted by atomic mass is 10.0. The van der Waals surface area contributed by atoms with Gasteiger partial charge < -0.3 is 20.4 Å². The highest BCUT2D eigenvalue weighted by Crippen LogP contribution is 2.28. The normalized spacial score (nSPS) is 15.5. The highest BCUT2D eigenvalue weighted by Gasteiger charge is 2.21. The third kappa shape index (κ3) is 2.28. The molecule has 0 spiro atoms. The van der Waals surface area contributed by atoms with E-state index in [-0.39, 0.29) is 23.0 Å². The molecule has 0 aromatic heterocycles. The Balaban J connectivity index is 2.01. The minimum Gasteiger partial charge on any atom is -0.508 e. The summed E-state index contributed by atoms with van der Waals surface area (Å²) in [5.74, 6) is -0.0512. The third-order valence-electron chi connectivity index (χ3n) is 3.57. The van der Waals surface area contributed by atoms with Crippen LogP contribution in [0.1, 0.15) is 10.4 Å². The number of benzene rings is 2. The Morgan fingerprint density at radius 2 is 1.80 bits per heavy atom. The summed E-state index contributed by atoms with van der Waals surface area (Å²) in [5.41, 5.74) is 0.282. The van der Waals surface area contributed by atoms with Crippen molar-refractivity contribution in [1.82, 2.24) is 10.2 Å². The Bertz CT molecular complexity index is 663. The van der Waals surface area contributed by atoms with Gasteiger partial charge in [-0.15, -0.1) is 0 Å². The van der Waals surface area contributed by atoms with E-state index in [1.165, 1.54) is 0 Å². The molecule has 1 aliphatic heterocycles. The number of phenolic OH excluding ortho intramolecular Hbond substituents is 2. The van der Waals surface area contributed by atoms with Crippen LogP contribution in [-0.2, 0) is 0 Å². The van der Waals surface area contributed by atoms with Gasteiger partial charge in [-0.1, -0.05) is 6.07 Å². The van der Waals surface area contributed by atoms with Gasteiger partial charge in [-0.3, -0.25) is 4.79 Å². The molecule has 0 aliphatic carbocycles. The molecular formula is C15H16N2O3. The molecule has 1 heterocycles. The van der Waals surface area contributed by atoms with E-state index in [1.807, 2.05) is 0 Å². The number of nitrogens with zero attached hydrogens (tertiary/aromatic N) is 1. The molecule has 5 heteroatoms. The Morgan fingerprint density at radius 3 is 2.55 bits per heavy atom. The van der Waals surface area contributed by atoms with Crippen molar-refractivity contribution in [3.63, 3.8) is 0 Å². The van der Waals surface area contributed by atoms with Crippen molar-refractivity contribution in [2.45, 2.75) is 0 Å². The van der Waals surface area contributed by atoms with Crippen molar-refractivity contribution < 1.29 is 15.0 Å². The maximum absolute atomic E-state index is 12.4. The van der Waals surface area contributed by atoms with Gasteiger partial charge in [-0.2, -0.15) is 0 Å². The molecule has 1 amide bonds. The largest absolute Gasteiger partial charge is 0.508 e. The van der Waals surface area contributed by atoms with Crippen LogP contribution in [0.5, 0.6) is 11.5 Å². The summed E-state index contributed by atoms with van der Waals surface area (Å²) < 4.78 is 0. The van der Waals surface area contributed by atoms with Gasteiger partial charge in [-0.25, -0.2) is 0 Å². The van der Waals surface area contributed by atoms with E-state index in [4.69, 9.17) is 0 Å². The summed E-state index contributed by atoms with van der Waals surface area (Å²) >= 11 is 0. The molecule has 20 heavy (non-hydrogen) atoms. The Kier molecular flexibility index (Phi) is 3.20. The van der Waals surface area contributed by atoms with Gasteiger partial charge in [-0.05, 0) is 35.0 Å². The summed E-state index contributed by atoms with van der Waals surface area (Å²) in [6.45, 7) is 2.80. The number of carbonyl (C=O) groups excluding carboxylic acids is 1. The van der Waals surface area contributed by atoms with E-state index < -0.39 is 0 Å². The van der Waals surface area contributed by atoms with Gasteiger partial charge in [0.25, 0.3) is 5.91 Å². The molecule has 0 radical (unpaired) electrons. The van der Waals surface area contributed by atoms with Crippen LogP contribution < -0.4 is 5.32 Å². The number of hydrogen-bond donors (Lipinski definition) is 3. The smallest absolute Gasteiger partial charge is 0.257 e. The summed E-state index contributed by atoms with van der Waals surface area (Å²) in [4.78, 5) is 14.1. The monoisotopic (exact) mass is 272 g/mol. The average Bonchev–Trinajstić information content (AvgIpc) is 2.47. The van der Waals surface area contributed by atoms with Crippen molar-refractivity contribution in [2.24, 2.45) is 0 Å². The zero-order chi connectivity index (χ0) is 14.1. The zero-order valence-electron chi connectivity index (χ0n) is 11.0. The number of piperazine rings is 1. The molecule has 104 valence electrons. The number of phenols is 2. The minimum absolute atomic E-state index is 0.0216. The van der Waals surface area contributed by atoms with Crippen LogP contribution in [0.15, 0.2) is 30.3 Å². The van der Waals surface area contributed by atoms with Crippen LogP contribution in [-0.4, -0.2) is 47.2 Å². The standard InChI is InChI=1S/C15H16N2O3/c18-12-2-1-10-9-14(19)13(8-11(10)7-12)15(20)17-5-3-16-4-6-17/h1-2,7-9,16,18-19H,3-6H2. The first-order valence-electron chi connectivity index (χ1n) is 6.61. The molecule has 2 aromatic carbocycles. The maximum atomic E-state index is 12.4. The van der Waals surface area contributed by atoms with Crippen LogP contribution in [0.4, 0.5) is 0 Å². The number of amides is 1. The lowest BCUT2D eigenvalue weighted by Crippen LogP contribution is -2.46. The molecule has 0 atom stereocenters. The number of nitrogens with one attached hydrogen (secondary N) is 1. The number of fused-ring (bicyclic) bond motifs is 1. The molecular weight excluding hydrogens is 256 g/mol. The fourth-order valence-corrected chi connectivity index (χ4v) is 2.48. The Labute approximate surface area is 116 Å². The van der Waals surface area contributed by atoms with Crippen LogP contribution in [0.3, 0.4) is 0 Å². The topological polar surface area (TPSA) is 72.8 Å². The van der Waals surface area contributed by atoms with E-state index in [2.05, 4.69) is 5.32 Å². The second-order valence-electron chi connectivity index (χ2n) is 4.94. The molecule has 2 aromatic rings. The van der Waals surface area contributed by atoms with Gasteiger partial charge in [0.2, 0.25) is 0 Å². The Morgan fingerprint density at radius 1 is 1.05 bits per heavy atom. The predicted molar refractivity (Wildman–Crippen MR) is 76.1 cm³/mol. The van der Waals surface area contributed by atoms with Gasteiger partial charge in [0.1, 0.15) is 11.5 Å². The summed E-state index contributed by atoms with van der Waals surface area (Å²) in [7, 11) is 0. The fourth-order valence-electron chi connectivity index (χ4n) is 2.48. The molecule has 1 fully saturated rings. The van der Waals surface area contributed by atoms with E-state index in [0.29, 0.717) is 13.1 Å². The molecule has 0 unspecified atom stereocenters. The highest BCUT2D eigenvalue weighted by atomic mass is 16.3. The fraction of sp³-hybridized carbons (Fsp3) is 0.267. The first-order valence-corrected chi connectivity index (χ1v) is 6.61. The van der Waals surface area contributed by atoms with E-state index in [0.717, 1.165) is 23.9 Å². The van der Waals surface area contributed by atoms with Gasteiger partial charge in [0, 0.05) is 26.2 Å². The summed E-state index contributed by atoms with van der Waals surface area (Å²) in [6, 6.07) is 8.05. The minimum atomic E-state index is -0.172. The molecule has 1 aliphatic rings. The number of hydrogen-bond acceptors (Lipinski definition) is 4. The molecule has 5 nitrogen and oxygen atoms in total.